The van der Waals surface area contributed by atoms with Gasteiger partial charge in [-0.1, -0.05) is 11.6 Å². The zero-order valence-corrected chi connectivity index (χ0v) is 9.51. The van der Waals surface area contributed by atoms with Crippen molar-refractivity contribution in [2.75, 3.05) is 19.0 Å². The maximum absolute atomic E-state index is 8.70. The number of nitrogens with one attached hydrogen (secondary N) is 1. The molecule has 0 radical (unpaired) electrons. The average Bonchev–Trinajstić information content (AvgIpc) is 2.18. The number of hydrogen-bond acceptors (Lipinski definition) is 3. The molecule has 1 N–H and O–H groups in total. The fourth-order valence-corrected chi connectivity index (χ4v) is 1.49. The minimum Gasteiger partial charge on any atom is -0.383 e. The molecule has 80 valence electrons. The lowest BCUT2D eigenvalue weighted by molar-refractivity contribution is 0.190. The first-order chi connectivity index (χ1) is 7.17. The lowest BCUT2D eigenvalue weighted by Crippen LogP contribution is -2.20. The van der Waals surface area contributed by atoms with Gasteiger partial charge in [0, 0.05) is 18.8 Å². The topological polar surface area (TPSA) is 45.0 Å². The van der Waals surface area contributed by atoms with Crippen LogP contribution in [0.5, 0.6) is 0 Å². The number of nitriles is 1. The summed E-state index contributed by atoms with van der Waals surface area (Å²) in [6.45, 7) is 2.63. The molecule has 3 nitrogen and oxygen atoms in total. The van der Waals surface area contributed by atoms with Gasteiger partial charge >= 0.3 is 0 Å². The molecular weight excluding hydrogens is 212 g/mol. The highest BCUT2D eigenvalue weighted by Crippen LogP contribution is 2.20. The van der Waals surface area contributed by atoms with Crippen LogP contribution in [0.2, 0.25) is 5.02 Å². The molecule has 0 aromatic heterocycles. The second kappa shape index (κ2) is 5.59. The number of anilines is 1. The summed E-state index contributed by atoms with van der Waals surface area (Å²) in [7, 11) is 1.66. The summed E-state index contributed by atoms with van der Waals surface area (Å²) in [6, 6.07) is 7.49. The number of rotatable bonds is 4. The summed E-state index contributed by atoms with van der Waals surface area (Å²) < 4.78 is 5.00. The highest BCUT2D eigenvalue weighted by atomic mass is 35.5. The van der Waals surface area contributed by atoms with Gasteiger partial charge in [0.25, 0.3) is 0 Å². The molecule has 1 atom stereocenters. The van der Waals surface area contributed by atoms with E-state index in [0.29, 0.717) is 17.2 Å². The van der Waals surface area contributed by atoms with Gasteiger partial charge in [-0.25, -0.2) is 0 Å². The summed E-state index contributed by atoms with van der Waals surface area (Å²) in [5.41, 5.74) is 1.38. The van der Waals surface area contributed by atoms with Crippen LogP contribution in [-0.2, 0) is 4.74 Å². The molecule has 0 saturated carbocycles. The Morgan fingerprint density at radius 3 is 2.87 bits per heavy atom. The number of ether oxygens (including phenoxy) is 1. The predicted octanol–water partition coefficient (Wildman–Crippen LogP) is 2.66. The minimum atomic E-state index is 0.207. The Kier molecular flexibility index (Phi) is 4.41. The van der Waals surface area contributed by atoms with Crippen LogP contribution in [0.4, 0.5) is 5.69 Å². The van der Waals surface area contributed by atoms with Crippen LogP contribution in [0.3, 0.4) is 0 Å². The molecule has 0 spiro atoms. The first-order valence-electron chi connectivity index (χ1n) is 4.62. The van der Waals surface area contributed by atoms with Crippen molar-refractivity contribution in [2.45, 2.75) is 13.0 Å². The Labute approximate surface area is 94.6 Å². The van der Waals surface area contributed by atoms with Crippen molar-refractivity contribution in [1.29, 1.82) is 5.26 Å². The van der Waals surface area contributed by atoms with E-state index in [1.165, 1.54) is 0 Å². The number of halogens is 1. The summed E-state index contributed by atoms with van der Waals surface area (Å²) >= 11 is 5.90. The number of benzene rings is 1. The van der Waals surface area contributed by atoms with E-state index in [0.717, 1.165) is 5.69 Å². The van der Waals surface area contributed by atoms with Gasteiger partial charge < -0.3 is 10.1 Å². The average molecular weight is 225 g/mol. The van der Waals surface area contributed by atoms with Crippen LogP contribution in [0, 0.1) is 11.3 Å². The van der Waals surface area contributed by atoms with Gasteiger partial charge in [-0.05, 0) is 25.1 Å². The van der Waals surface area contributed by atoms with E-state index in [1.54, 1.807) is 19.2 Å². The van der Waals surface area contributed by atoms with Crippen LogP contribution in [-0.4, -0.2) is 19.8 Å². The highest BCUT2D eigenvalue weighted by Gasteiger charge is 2.04. The molecule has 0 aliphatic carbocycles. The van der Waals surface area contributed by atoms with Crippen molar-refractivity contribution < 1.29 is 4.74 Å². The molecule has 4 heteroatoms. The third-order valence-corrected chi connectivity index (χ3v) is 2.23. The smallest absolute Gasteiger partial charge is 0.101 e. The van der Waals surface area contributed by atoms with Crippen LogP contribution in [0.25, 0.3) is 0 Å². The molecule has 1 unspecified atom stereocenters. The summed E-state index contributed by atoms with van der Waals surface area (Å²) in [6.07, 6.45) is 0. The van der Waals surface area contributed by atoms with Crippen molar-refractivity contribution in [3.63, 3.8) is 0 Å². The van der Waals surface area contributed by atoms with Gasteiger partial charge in [0.05, 0.1) is 17.2 Å². The Morgan fingerprint density at radius 2 is 2.33 bits per heavy atom. The lowest BCUT2D eigenvalue weighted by Gasteiger charge is -2.14. The molecule has 15 heavy (non-hydrogen) atoms. The molecule has 1 rings (SSSR count). The normalized spacial score (nSPS) is 11.9. The Hall–Kier alpha value is -1.24. The summed E-state index contributed by atoms with van der Waals surface area (Å²) in [5, 5.41) is 12.4. The number of nitrogens with zero attached hydrogens (tertiary/aromatic N) is 1. The van der Waals surface area contributed by atoms with Crippen LogP contribution in [0.15, 0.2) is 18.2 Å². The van der Waals surface area contributed by atoms with E-state index in [4.69, 9.17) is 21.6 Å². The van der Waals surface area contributed by atoms with Crippen molar-refractivity contribution >= 4 is 17.3 Å². The van der Waals surface area contributed by atoms with Gasteiger partial charge in [0.1, 0.15) is 6.07 Å². The summed E-state index contributed by atoms with van der Waals surface area (Å²) in [5.74, 6) is 0. The van der Waals surface area contributed by atoms with Gasteiger partial charge in [-0.2, -0.15) is 5.26 Å². The predicted molar refractivity (Wildman–Crippen MR) is 61.1 cm³/mol. The van der Waals surface area contributed by atoms with Gasteiger partial charge in [-0.15, -0.1) is 0 Å². The molecule has 0 aliphatic heterocycles. The molecule has 0 fully saturated rings. The molecule has 0 heterocycles. The highest BCUT2D eigenvalue weighted by molar-refractivity contribution is 6.32. The maximum Gasteiger partial charge on any atom is 0.101 e. The van der Waals surface area contributed by atoms with Crippen molar-refractivity contribution in [1.82, 2.24) is 0 Å². The van der Waals surface area contributed by atoms with Gasteiger partial charge in [-0.3, -0.25) is 0 Å². The maximum atomic E-state index is 8.70. The lowest BCUT2D eigenvalue weighted by atomic mass is 10.2. The zero-order valence-electron chi connectivity index (χ0n) is 8.75. The first-order valence-corrected chi connectivity index (χ1v) is 5.00. The molecule has 0 aliphatic rings. The fraction of sp³-hybridized carbons (Fsp3) is 0.364. The Balaban J connectivity index is 2.72. The van der Waals surface area contributed by atoms with Gasteiger partial charge in [0.2, 0.25) is 0 Å². The molecule has 0 bridgehead atoms. The molecule has 1 aromatic carbocycles. The second-order valence-electron chi connectivity index (χ2n) is 3.31. The van der Waals surface area contributed by atoms with E-state index in [2.05, 4.69) is 5.32 Å². The molecule has 0 amide bonds. The van der Waals surface area contributed by atoms with E-state index in [-0.39, 0.29) is 6.04 Å². The van der Waals surface area contributed by atoms with E-state index >= 15 is 0 Å². The van der Waals surface area contributed by atoms with E-state index in [1.807, 2.05) is 19.1 Å². The third kappa shape index (κ3) is 3.43. The van der Waals surface area contributed by atoms with Crippen molar-refractivity contribution in [3.8, 4) is 6.07 Å². The molecule has 0 saturated heterocycles. The number of hydrogen-bond donors (Lipinski definition) is 1. The second-order valence-corrected chi connectivity index (χ2v) is 3.71. The van der Waals surface area contributed by atoms with Crippen LogP contribution in [0.1, 0.15) is 12.5 Å². The third-order valence-electron chi connectivity index (χ3n) is 1.92. The quantitative estimate of drug-likeness (QED) is 0.855. The Morgan fingerprint density at radius 1 is 1.60 bits per heavy atom. The molecule has 1 aromatic rings. The largest absolute Gasteiger partial charge is 0.383 e. The van der Waals surface area contributed by atoms with Crippen LogP contribution >= 0.6 is 11.6 Å². The minimum absolute atomic E-state index is 0.207. The standard InChI is InChI=1S/C11H13ClN2O/c1-8(7-15-2)14-10-4-3-9(6-13)11(12)5-10/h3-5,8,14H,7H2,1-2H3. The number of methoxy groups -OCH3 is 1. The van der Waals surface area contributed by atoms with E-state index in [9.17, 15) is 0 Å². The summed E-state index contributed by atoms with van der Waals surface area (Å²) in [4.78, 5) is 0. The SMILES string of the molecule is COCC(C)Nc1ccc(C#N)c(Cl)c1. The Bertz CT molecular complexity index is 373. The zero-order chi connectivity index (χ0) is 11.3. The van der Waals surface area contributed by atoms with Crippen LogP contribution < -0.4 is 5.32 Å². The first kappa shape index (κ1) is 11.8. The van der Waals surface area contributed by atoms with Crippen molar-refractivity contribution in [2.24, 2.45) is 0 Å². The van der Waals surface area contributed by atoms with Gasteiger partial charge in [0.15, 0.2) is 0 Å². The van der Waals surface area contributed by atoms with E-state index < -0.39 is 0 Å². The van der Waals surface area contributed by atoms with Crippen molar-refractivity contribution in [3.05, 3.63) is 28.8 Å². The fourth-order valence-electron chi connectivity index (χ4n) is 1.27. The molecular formula is C11H13ClN2O. The monoisotopic (exact) mass is 224 g/mol.